The van der Waals surface area contributed by atoms with Crippen molar-refractivity contribution in [2.45, 2.75) is 30.3 Å². The molecular formula is C17H17Cl2N5O3S. The summed E-state index contributed by atoms with van der Waals surface area (Å²) in [6.45, 7) is 0. The summed E-state index contributed by atoms with van der Waals surface area (Å²) in [5.74, 6) is 1.24. The van der Waals surface area contributed by atoms with Crippen LogP contribution in [0.4, 0.5) is 5.82 Å². The second-order valence-electron chi connectivity index (χ2n) is 6.34. The lowest BCUT2D eigenvalue weighted by Gasteiger charge is -2.16. The molecule has 11 heteroatoms. The third-order valence-corrected chi connectivity index (χ3v) is 6.35. The van der Waals surface area contributed by atoms with Gasteiger partial charge in [-0.25, -0.2) is 15.0 Å². The normalized spacial score (nSPS) is 24.9. The summed E-state index contributed by atoms with van der Waals surface area (Å²) in [5, 5.41) is 22.1. The van der Waals surface area contributed by atoms with Gasteiger partial charge in [-0.3, -0.25) is 4.57 Å². The minimum atomic E-state index is -1.14. The molecule has 0 bridgehead atoms. The van der Waals surface area contributed by atoms with Crippen molar-refractivity contribution in [2.75, 3.05) is 11.5 Å². The van der Waals surface area contributed by atoms with E-state index in [2.05, 4.69) is 15.0 Å². The number of nitrogens with two attached hydrogens (primary N) is 1. The Bertz CT molecular complexity index is 984. The number of nitrogen functional groups attached to an aromatic ring is 1. The van der Waals surface area contributed by atoms with E-state index < -0.39 is 24.5 Å². The van der Waals surface area contributed by atoms with Crippen molar-refractivity contribution in [1.82, 2.24) is 19.5 Å². The third-order valence-electron chi connectivity index (χ3n) is 4.59. The number of imidazole rings is 1. The fraction of sp³-hybridized carbons (Fsp3) is 0.353. The van der Waals surface area contributed by atoms with E-state index in [0.29, 0.717) is 32.7 Å². The Balaban J connectivity index is 1.46. The molecule has 4 atom stereocenters. The Hall–Kier alpha value is -1.62. The molecule has 1 aromatic carbocycles. The Morgan fingerprint density at radius 2 is 1.89 bits per heavy atom. The van der Waals surface area contributed by atoms with E-state index in [-0.39, 0.29) is 5.82 Å². The summed E-state index contributed by atoms with van der Waals surface area (Å²) >= 11 is 13.9. The van der Waals surface area contributed by atoms with Crippen molar-refractivity contribution in [3.05, 3.63) is 46.5 Å². The average molecular weight is 442 g/mol. The largest absolute Gasteiger partial charge is 0.387 e. The number of rotatable bonds is 5. The molecule has 0 aliphatic carbocycles. The highest BCUT2D eigenvalue weighted by molar-refractivity contribution is 7.98. The molecule has 0 radical (unpaired) electrons. The first-order valence-corrected chi connectivity index (χ1v) is 10.3. The first-order valence-electron chi connectivity index (χ1n) is 8.42. The SMILES string of the molecule is Nc1ncnc2c1ncn2[C@@H]1O[C@H](CSCc2c(Cl)cccc2Cl)[C@@H](O)[C@H]1O. The maximum absolute atomic E-state index is 10.5. The molecular weight excluding hydrogens is 425 g/mol. The van der Waals surface area contributed by atoms with Gasteiger partial charge in [0.25, 0.3) is 0 Å². The summed E-state index contributed by atoms with van der Waals surface area (Å²) in [6, 6.07) is 5.35. The second-order valence-corrected chi connectivity index (χ2v) is 8.19. The zero-order valence-corrected chi connectivity index (χ0v) is 16.8. The van der Waals surface area contributed by atoms with Gasteiger partial charge >= 0.3 is 0 Å². The zero-order valence-electron chi connectivity index (χ0n) is 14.4. The highest BCUT2D eigenvalue weighted by Crippen LogP contribution is 2.35. The molecule has 0 amide bonds. The van der Waals surface area contributed by atoms with Gasteiger partial charge in [0.2, 0.25) is 0 Å². The van der Waals surface area contributed by atoms with Crippen LogP contribution in [0, 0.1) is 0 Å². The molecule has 0 unspecified atom stereocenters. The Labute approximate surface area is 174 Å². The maximum Gasteiger partial charge on any atom is 0.167 e. The molecule has 2 aromatic heterocycles. The van der Waals surface area contributed by atoms with Crippen LogP contribution in [0.1, 0.15) is 11.8 Å². The number of aromatic nitrogens is 4. The van der Waals surface area contributed by atoms with E-state index in [1.165, 1.54) is 24.4 Å². The minimum Gasteiger partial charge on any atom is -0.387 e. The number of anilines is 1. The summed E-state index contributed by atoms with van der Waals surface area (Å²) < 4.78 is 7.46. The summed E-state index contributed by atoms with van der Waals surface area (Å²) in [6.07, 6.45) is -0.825. The number of nitrogens with zero attached hydrogens (tertiary/aromatic N) is 4. The van der Waals surface area contributed by atoms with Gasteiger partial charge in [0.1, 0.15) is 24.1 Å². The van der Waals surface area contributed by atoms with Gasteiger partial charge < -0.3 is 20.7 Å². The summed E-state index contributed by atoms with van der Waals surface area (Å²) in [4.78, 5) is 12.2. The van der Waals surface area contributed by atoms with E-state index >= 15 is 0 Å². The molecule has 4 N–H and O–H groups in total. The number of aliphatic hydroxyl groups excluding tert-OH is 2. The molecule has 1 saturated heterocycles. The Morgan fingerprint density at radius 3 is 2.64 bits per heavy atom. The summed E-state index contributed by atoms with van der Waals surface area (Å²) in [5.41, 5.74) is 7.47. The highest BCUT2D eigenvalue weighted by atomic mass is 35.5. The summed E-state index contributed by atoms with van der Waals surface area (Å²) in [7, 11) is 0. The lowest BCUT2D eigenvalue weighted by atomic mass is 10.1. The number of aliphatic hydroxyl groups is 2. The first kappa shape index (κ1) is 19.7. The van der Waals surface area contributed by atoms with Gasteiger partial charge in [-0.05, 0) is 17.7 Å². The van der Waals surface area contributed by atoms with Crippen molar-refractivity contribution in [3.63, 3.8) is 0 Å². The quantitative estimate of drug-likeness (QED) is 0.551. The minimum absolute atomic E-state index is 0.237. The van der Waals surface area contributed by atoms with E-state index in [9.17, 15) is 10.2 Å². The molecule has 0 spiro atoms. The monoisotopic (exact) mass is 441 g/mol. The Morgan fingerprint density at radius 1 is 1.14 bits per heavy atom. The van der Waals surface area contributed by atoms with E-state index in [0.717, 1.165) is 5.56 Å². The molecule has 3 heterocycles. The molecule has 0 saturated carbocycles. The van der Waals surface area contributed by atoms with Crippen LogP contribution in [0.25, 0.3) is 11.2 Å². The van der Waals surface area contributed by atoms with E-state index in [4.69, 9.17) is 33.7 Å². The van der Waals surface area contributed by atoms with Gasteiger partial charge in [-0.2, -0.15) is 11.8 Å². The van der Waals surface area contributed by atoms with Crippen molar-refractivity contribution >= 4 is 51.9 Å². The topological polar surface area (TPSA) is 119 Å². The maximum atomic E-state index is 10.5. The number of hydrogen-bond acceptors (Lipinski definition) is 8. The van der Waals surface area contributed by atoms with Crippen molar-refractivity contribution in [2.24, 2.45) is 0 Å². The first-order chi connectivity index (χ1) is 13.5. The van der Waals surface area contributed by atoms with Crippen molar-refractivity contribution in [3.8, 4) is 0 Å². The number of benzene rings is 1. The zero-order chi connectivity index (χ0) is 19.8. The molecule has 8 nitrogen and oxygen atoms in total. The number of fused-ring (bicyclic) bond motifs is 1. The standard InChI is InChI=1S/C17H17Cl2N5O3S/c18-9-2-1-3-10(19)8(9)4-28-5-11-13(25)14(26)17(27-11)24-7-23-12-15(20)21-6-22-16(12)24/h1-3,6-7,11,13-14,17,25-26H,4-5H2,(H2,20,21,22)/t11-,13-,14-,17-/m1/s1. The van der Waals surface area contributed by atoms with Crippen LogP contribution in [0.15, 0.2) is 30.9 Å². The van der Waals surface area contributed by atoms with Gasteiger partial charge in [0.15, 0.2) is 17.7 Å². The fourth-order valence-corrected chi connectivity index (χ4v) is 4.93. The second kappa shape index (κ2) is 8.02. The molecule has 1 aliphatic rings. The van der Waals surface area contributed by atoms with Crippen LogP contribution in [-0.4, -0.2) is 53.8 Å². The van der Waals surface area contributed by atoms with Crippen molar-refractivity contribution < 1.29 is 14.9 Å². The third kappa shape index (κ3) is 3.54. The lowest BCUT2D eigenvalue weighted by Crippen LogP contribution is -2.32. The van der Waals surface area contributed by atoms with Gasteiger partial charge in [-0.15, -0.1) is 0 Å². The number of hydrogen-bond donors (Lipinski definition) is 3. The van der Waals surface area contributed by atoms with Crippen LogP contribution < -0.4 is 5.73 Å². The lowest BCUT2D eigenvalue weighted by molar-refractivity contribution is -0.0289. The smallest absolute Gasteiger partial charge is 0.167 e. The predicted molar refractivity (Wildman–Crippen MR) is 108 cm³/mol. The fourth-order valence-electron chi connectivity index (χ4n) is 3.10. The molecule has 28 heavy (non-hydrogen) atoms. The van der Waals surface area contributed by atoms with Gasteiger partial charge in [-0.1, -0.05) is 29.3 Å². The molecule has 148 valence electrons. The number of halogens is 2. The van der Waals surface area contributed by atoms with Crippen LogP contribution in [0.5, 0.6) is 0 Å². The molecule has 1 aliphatic heterocycles. The van der Waals surface area contributed by atoms with Crippen LogP contribution in [0.3, 0.4) is 0 Å². The number of thioether (sulfide) groups is 1. The average Bonchev–Trinajstić information content (AvgIpc) is 3.21. The number of ether oxygens (including phenoxy) is 1. The molecule has 4 rings (SSSR count). The van der Waals surface area contributed by atoms with Crippen LogP contribution in [-0.2, 0) is 10.5 Å². The van der Waals surface area contributed by atoms with E-state index in [1.54, 1.807) is 22.8 Å². The molecule has 3 aromatic rings. The highest BCUT2D eigenvalue weighted by Gasteiger charge is 2.44. The van der Waals surface area contributed by atoms with Crippen LogP contribution >= 0.6 is 35.0 Å². The molecule has 1 fully saturated rings. The Kier molecular flexibility index (Phi) is 5.64. The van der Waals surface area contributed by atoms with Crippen LogP contribution in [0.2, 0.25) is 10.0 Å². The van der Waals surface area contributed by atoms with E-state index in [1.807, 2.05) is 0 Å². The van der Waals surface area contributed by atoms with Crippen molar-refractivity contribution in [1.29, 1.82) is 0 Å². The predicted octanol–water partition coefficient (Wildman–Crippen LogP) is 2.27. The van der Waals surface area contributed by atoms with Gasteiger partial charge in [0, 0.05) is 21.6 Å². The van der Waals surface area contributed by atoms with Gasteiger partial charge in [0.05, 0.1) is 12.4 Å².